The average Bonchev–Trinajstić information content (AvgIpc) is 1.50. The average molecular weight is 1270 g/mol. The minimum atomic E-state index is -0.689. The van der Waals surface area contributed by atoms with E-state index in [9.17, 15) is 10.5 Å². The van der Waals surface area contributed by atoms with E-state index >= 15 is 0 Å². The third kappa shape index (κ3) is 7.07. The second-order valence-electron chi connectivity index (χ2n) is 26.6. The van der Waals surface area contributed by atoms with Crippen LogP contribution >= 0.6 is 0 Å². The van der Waals surface area contributed by atoms with Crippen LogP contribution in [0.1, 0.15) is 55.6 Å². The first-order valence-electron chi connectivity index (χ1n) is 34.2. The zero-order valence-electron chi connectivity index (χ0n) is 54.0. The number of benzene rings is 15. The van der Waals surface area contributed by atoms with Crippen LogP contribution < -0.4 is 0 Å². The molecule has 4 aromatic heterocycles. The van der Waals surface area contributed by atoms with Gasteiger partial charge in [0, 0.05) is 43.1 Å². The number of nitriles is 2. The van der Waals surface area contributed by atoms with Crippen LogP contribution in [0.15, 0.2) is 340 Å². The molecule has 15 aromatic carbocycles. The first kappa shape index (κ1) is 55.7. The summed E-state index contributed by atoms with van der Waals surface area (Å²) in [5.41, 5.74) is 23.1. The molecule has 0 amide bonds. The van der Waals surface area contributed by atoms with E-state index in [1.807, 2.05) is 0 Å². The van der Waals surface area contributed by atoms with Crippen molar-refractivity contribution in [1.29, 1.82) is 10.5 Å². The summed E-state index contributed by atoms with van der Waals surface area (Å²) in [5, 5.41) is 34.8. The molecule has 0 aliphatic heterocycles. The van der Waals surface area contributed by atoms with E-state index < -0.39 is 10.8 Å². The van der Waals surface area contributed by atoms with Crippen LogP contribution in [0.25, 0.3) is 132 Å². The van der Waals surface area contributed by atoms with Crippen molar-refractivity contribution in [2.45, 2.75) is 10.8 Å². The largest absolute Gasteiger partial charge is 0.306 e. The molecule has 4 heterocycles. The van der Waals surface area contributed by atoms with Crippen molar-refractivity contribution in [1.82, 2.24) is 18.3 Å². The molecule has 2 aliphatic rings. The van der Waals surface area contributed by atoms with Crippen molar-refractivity contribution in [2.24, 2.45) is 0 Å². The molecule has 0 fully saturated rings. The van der Waals surface area contributed by atoms with Crippen molar-refractivity contribution in [3.63, 3.8) is 0 Å². The Morgan fingerprint density at radius 3 is 0.800 bits per heavy atom. The van der Waals surface area contributed by atoms with Gasteiger partial charge in [-0.25, -0.2) is 0 Å². The van der Waals surface area contributed by atoms with Crippen LogP contribution in [-0.4, -0.2) is 18.3 Å². The molecule has 6 nitrogen and oxygen atoms in total. The molecule has 0 saturated carbocycles. The van der Waals surface area contributed by atoms with E-state index in [0.29, 0.717) is 33.9 Å². The van der Waals surface area contributed by atoms with Gasteiger partial charge in [0.1, 0.15) is 23.3 Å². The third-order valence-corrected chi connectivity index (χ3v) is 22.2. The first-order chi connectivity index (χ1) is 49.6. The number of hydrogen-bond acceptors (Lipinski definition) is 2. The van der Waals surface area contributed by atoms with Gasteiger partial charge in [-0.1, -0.05) is 291 Å². The number of aromatic nitrogens is 4. The third-order valence-electron chi connectivity index (χ3n) is 22.2. The quantitative estimate of drug-likeness (QED) is 0.152. The van der Waals surface area contributed by atoms with Crippen molar-refractivity contribution < 1.29 is 0 Å². The van der Waals surface area contributed by atoms with E-state index in [-0.39, 0.29) is 0 Å². The second-order valence-corrected chi connectivity index (χ2v) is 26.6. The smallest absolute Gasteiger partial charge is 0.104 e. The molecule has 0 unspecified atom stereocenters. The lowest BCUT2D eigenvalue weighted by molar-refractivity contribution is 0.769. The minimum Gasteiger partial charge on any atom is -0.306 e. The summed E-state index contributed by atoms with van der Waals surface area (Å²) in [6.07, 6.45) is 0. The zero-order chi connectivity index (χ0) is 66.0. The summed E-state index contributed by atoms with van der Waals surface area (Å²) in [6.45, 7) is 0. The molecule has 6 heteroatoms. The number of hydrogen-bond donors (Lipinski definition) is 0. The molecule has 2 aliphatic carbocycles. The van der Waals surface area contributed by atoms with Crippen LogP contribution in [0.4, 0.5) is 0 Å². The van der Waals surface area contributed by atoms with E-state index in [1.165, 1.54) is 44.5 Å². The van der Waals surface area contributed by atoms with Gasteiger partial charge in [0.25, 0.3) is 0 Å². The van der Waals surface area contributed by atoms with Gasteiger partial charge in [-0.15, -0.1) is 0 Å². The highest BCUT2D eigenvalue weighted by Gasteiger charge is 2.49. The van der Waals surface area contributed by atoms with Gasteiger partial charge in [0.15, 0.2) is 0 Å². The fraction of sp³-hybridized carbons (Fsp3) is 0.0213. The second kappa shape index (κ2) is 21.0. The Kier molecular flexibility index (Phi) is 11.7. The number of para-hydroxylation sites is 6. The molecule has 21 rings (SSSR count). The van der Waals surface area contributed by atoms with Gasteiger partial charge < -0.3 is 18.3 Å². The van der Waals surface area contributed by atoms with Crippen molar-refractivity contribution in [3.05, 3.63) is 395 Å². The fourth-order valence-electron chi connectivity index (χ4n) is 18.6. The highest BCUT2D eigenvalue weighted by molar-refractivity contribution is 6.22. The highest BCUT2D eigenvalue weighted by Crippen LogP contribution is 2.62. The van der Waals surface area contributed by atoms with Crippen molar-refractivity contribution in [2.75, 3.05) is 0 Å². The zero-order valence-corrected chi connectivity index (χ0v) is 54.0. The van der Waals surface area contributed by atoms with Gasteiger partial charge in [0.2, 0.25) is 0 Å². The Labute approximate surface area is 575 Å². The van der Waals surface area contributed by atoms with E-state index in [1.54, 1.807) is 0 Å². The molecular formula is C94H56N6. The lowest BCUT2D eigenvalue weighted by atomic mass is 9.67. The Morgan fingerprint density at radius 2 is 0.470 bits per heavy atom. The van der Waals surface area contributed by atoms with E-state index in [4.69, 9.17) is 0 Å². The molecule has 0 atom stereocenters. The molecule has 0 saturated heterocycles. The summed E-state index contributed by atoms with van der Waals surface area (Å²) < 4.78 is 9.38. The van der Waals surface area contributed by atoms with E-state index in [2.05, 4.69) is 370 Å². The standard InChI is InChI=1S/C94H56N6/c95-57-71-89(99-81-51-27-19-43-69(81)87-83(99)55-53-75-85(87)67-41-13-21-45-73(67)93(75,59-29-5-1-6-30-59)60-31-7-2-8-32-60)72(58-96)91(98-79-49-25-17-39-65(79)66-40-18-26-50-80(66)98)92(90(71)97-77-47-23-15-37-63(77)64-38-16-24-48-78(64)97)100-82-52-28-20-44-70(82)88-84(100)56-54-76-86(88)68-42-14-22-46-74(68)94(76,61-33-9-3-10-34-61)62-35-11-4-12-36-62/h1-56H. The van der Waals surface area contributed by atoms with Gasteiger partial charge in [-0.3, -0.25) is 0 Å². The molecule has 0 spiro atoms. The summed E-state index contributed by atoms with van der Waals surface area (Å²) in [6, 6.07) is 129. The van der Waals surface area contributed by atoms with Crippen LogP contribution in [0.2, 0.25) is 0 Å². The highest BCUT2D eigenvalue weighted by atomic mass is 15.1. The van der Waals surface area contributed by atoms with Gasteiger partial charge >= 0.3 is 0 Å². The molecule has 19 aromatic rings. The number of nitrogens with zero attached hydrogens (tertiary/aromatic N) is 6. The molecule has 0 bridgehead atoms. The molecular weight excluding hydrogens is 1210 g/mol. The first-order valence-corrected chi connectivity index (χ1v) is 34.2. The van der Waals surface area contributed by atoms with E-state index in [0.717, 1.165) is 109 Å². The van der Waals surface area contributed by atoms with Gasteiger partial charge in [-0.2, -0.15) is 10.5 Å². The topological polar surface area (TPSA) is 67.3 Å². The Morgan fingerprint density at radius 1 is 0.210 bits per heavy atom. The van der Waals surface area contributed by atoms with Gasteiger partial charge in [0.05, 0.1) is 77.7 Å². The SMILES string of the molecule is N#Cc1c(-n2c3ccccc3c3ccccc32)c(-n2c3ccccc3c3c4c(ccc32)C(c2ccccc2)(c2ccccc2)c2ccccc2-4)c(-n2c3ccccc3c3ccccc32)c(C#N)c1-n1c2ccccc2c2c3c(ccc21)C(c1ccccc1)(c1ccccc1)c1ccccc1-3. The number of fused-ring (bicyclic) bond motifs is 20. The van der Waals surface area contributed by atoms with Crippen molar-refractivity contribution >= 4 is 87.2 Å². The minimum absolute atomic E-state index is 0.346. The predicted octanol–water partition coefficient (Wildman–Crippen LogP) is 22.5. The maximum Gasteiger partial charge on any atom is 0.104 e. The summed E-state index contributed by atoms with van der Waals surface area (Å²) in [5.74, 6) is 0. The lowest BCUT2D eigenvalue weighted by Crippen LogP contribution is -2.28. The maximum absolute atomic E-state index is 13.2. The van der Waals surface area contributed by atoms with Crippen LogP contribution in [-0.2, 0) is 10.8 Å². The Hall–Kier alpha value is -13.5. The van der Waals surface area contributed by atoms with Gasteiger partial charge in [-0.05, 0) is 115 Å². The maximum atomic E-state index is 13.2. The van der Waals surface area contributed by atoms with Crippen LogP contribution in [0, 0.1) is 22.7 Å². The Balaban J connectivity index is 0.993. The molecule has 100 heavy (non-hydrogen) atoms. The van der Waals surface area contributed by atoms with Crippen LogP contribution in [0.5, 0.6) is 0 Å². The lowest BCUT2D eigenvalue weighted by Gasteiger charge is -2.34. The van der Waals surface area contributed by atoms with Crippen molar-refractivity contribution in [3.8, 4) is 57.1 Å². The fourth-order valence-corrected chi connectivity index (χ4v) is 18.6. The molecule has 0 N–H and O–H groups in total. The molecule has 0 radical (unpaired) electrons. The summed E-state index contributed by atoms with van der Waals surface area (Å²) in [4.78, 5) is 0. The summed E-state index contributed by atoms with van der Waals surface area (Å²) in [7, 11) is 0. The van der Waals surface area contributed by atoms with Crippen LogP contribution in [0.3, 0.4) is 0 Å². The molecule has 462 valence electrons. The summed E-state index contributed by atoms with van der Waals surface area (Å²) >= 11 is 0. The monoisotopic (exact) mass is 1270 g/mol. The number of rotatable bonds is 8. The Bertz CT molecular complexity index is 6450. The normalized spacial score (nSPS) is 13.3. The predicted molar refractivity (Wildman–Crippen MR) is 408 cm³/mol.